The van der Waals surface area contributed by atoms with Gasteiger partial charge in [-0.3, -0.25) is 18.6 Å². The highest BCUT2D eigenvalue weighted by Gasteiger charge is 2.26. The van der Waals surface area contributed by atoms with Gasteiger partial charge in [0.25, 0.3) is 0 Å². The molecule has 0 saturated carbocycles. The van der Waals surface area contributed by atoms with E-state index in [2.05, 4.69) is 160 Å². The maximum Gasteiger partial charge on any atom is 0.472 e. The average Bonchev–Trinajstić information content (AvgIpc) is 3.66. The second-order valence-electron chi connectivity index (χ2n) is 23.0. The van der Waals surface area contributed by atoms with Crippen molar-refractivity contribution in [2.24, 2.45) is 5.73 Å². The van der Waals surface area contributed by atoms with Crippen molar-refractivity contribution >= 4 is 19.8 Å². The monoisotopic (exact) mass is 1230 g/mol. The van der Waals surface area contributed by atoms with Gasteiger partial charge in [-0.2, -0.15) is 0 Å². The van der Waals surface area contributed by atoms with Crippen molar-refractivity contribution in [2.75, 3.05) is 26.4 Å². The maximum atomic E-state index is 12.8. The molecular formula is C77H130NO8P. The largest absolute Gasteiger partial charge is 0.472 e. The fraction of sp³-hybridized carbons (Fsp3) is 0.662. The van der Waals surface area contributed by atoms with Gasteiger partial charge in [0.1, 0.15) is 6.61 Å². The van der Waals surface area contributed by atoms with E-state index in [-0.39, 0.29) is 38.6 Å². The number of phosphoric ester groups is 1. The molecular weight excluding hydrogens is 1100 g/mol. The number of carbonyl (C=O) groups is 2. The Balaban J connectivity index is 3.92. The molecule has 0 aromatic carbocycles. The van der Waals surface area contributed by atoms with Gasteiger partial charge in [-0.25, -0.2) is 4.57 Å². The summed E-state index contributed by atoms with van der Waals surface area (Å²) in [6, 6.07) is 0. The minimum atomic E-state index is -4.41. The first-order valence-corrected chi connectivity index (χ1v) is 36.8. The summed E-state index contributed by atoms with van der Waals surface area (Å²) in [6.07, 6.45) is 102. The zero-order valence-corrected chi connectivity index (χ0v) is 56.6. The summed E-state index contributed by atoms with van der Waals surface area (Å²) in [4.78, 5) is 35.4. The first kappa shape index (κ1) is 82.9. The van der Waals surface area contributed by atoms with Gasteiger partial charge in [0, 0.05) is 19.4 Å². The summed E-state index contributed by atoms with van der Waals surface area (Å²) in [5.41, 5.74) is 5.40. The second-order valence-corrected chi connectivity index (χ2v) is 24.4. The lowest BCUT2D eigenvalue weighted by Gasteiger charge is -2.19. The zero-order valence-electron chi connectivity index (χ0n) is 55.7. The van der Waals surface area contributed by atoms with Crippen LogP contribution >= 0.6 is 7.82 Å². The van der Waals surface area contributed by atoms with E-state index >= 15 is 0 Å². The van der Waals surface area contributed by atoms with Crippen molar-refractivity contribution in [1.29, 1.82) is 0 Å². The molecule has 0 spiro atoms. The number of hydrogen-bond acceptors (Lipinski definition) is 8. The van der Waals surface area contributed by atoms with Gasteiger partial charge in [0.2, 0.25) is 0 Å². The van der Waals surface area contributed by atoms with Crippen LogP contribution in [0.4, 0.5) is 0 Å². The third kappa shape index (κ3) is 70.8. The molecule has 0 aliphatic rings. The summed E-state index contributed by atoms with van der Waals surface area (Å²) in [5, 5.41) is 0. The van der Waals surface area contributed by atoms with E-state index in [1.54, 1.807) is 0 Å². The molecule has 0 fully saturated rings. The number of esters is 2. The van der Waals surface area contributed by atoms with Crippen LogP contribution in [0.25, 0.3) is 0 Å². The van der Waals surface area contributed by atoms with Crippen molar-refractivity contribution in [1.82, 2.24) is 0 Å². The molecule has 0 aromatic heterocycles. The Kier molecular flexibility index (Phi) is 67.6. The summed E-state index contributed by atoms with van der Waals surface area (Å²) in [5.74, 6) is -0.843. The van der Waals surface area contributed by atoms with Gasteiger partial charge in [-0.15, -0.1) is 0 Å². The van der Waals surface area contributed by atoms with Crippen LogP contribution in [0.5, 0.6) is 0 Å². The molecule has 9 nitrogen and oxygen atoms in total. The van der Waals surface area contributed by atoms with Gasteiger partial charge >= 0.3 is 19.8 Å². The molecule has 0 aromatic rings. The minimum absolute atomic E-state index is 0.0450. The van der Waals surface area contributed by atoms with E-state index in [0.717, 1.165) is 135 Å². The molecule has 87 heavy (non-hydrogen) atoms. The fourth-order valence-corrected chi connectivity index (χ4v) is 10.4. The Morgan fingerprint density at radius 3 is 0.885 bits per heavy atom. The second kappa shape index (κ2) is 71.0. The molecule has 0 aliphatic heterocycles. The van der Waals surface area contributed by atoms with Crippen LogP contribution in [0.1, 0.15) is 296 Å². The number of rotatable bonds is 65. The lowest BCUT2D eigenvalue weighted by atomic mass is 10.0. The lowest BCUT2D eigenvalue weighted by Crippen LogP contribution is -2.29. The van der Waals surface area contributed by atoms with Crippen LogP contribution in [0.3, 0.4) is 0 Å². The third-order valence-electron chi connectivity index (χ3n) is 14.7. The third-order valence-corrected chi connectivity index (χ3v) is 15.7. The highest BCUT2D eigenvalue weighted by molar-refractivity contribution is 7.47. The average molecular weight is 1230 g/mol. The van der Waals surface area contributed by atoms with E-state index in [1.807, 2.05) is 0 Å². The van der Waals surface area contributed by atoms with Gasteiger partial charge in [-0.1, -0.05) is 314 Å². The summed E-state index contributed by atoms with van der Waals surface area (Å²) >= 11 is 0. The molecule has 496 valence electrons. The SMILES string of the molecule is CC/C=C\C/C=C\C/C=C\C/C=C\C/C=C\C/C=C\C/C=C\C/C=C\CCCCCCCCC(=O)OC(COC(=O)CCCCCCCCCCCCCCCCCCCCCCCC/C=C\C/C=C\C/C=C\C/C=C\CC)COP(=O)(O)OCCN. The fourth-order valence-electron chi connectivity index (χ4n) is 9.59. The molecule has 2 atom stereocenters. The summed E-state index contributed by atoms with van der Waals surface area (Å²) in [7, 11) is -4.41. The van der Waals surface area contributed by atoms with Crippen LogP contribution in [0, 0.1) is 0 Å². The van der Waals surface area contributed by atoms with Gasteiger partial charge in [0.05, 0.1) is 13.2 Å². The van der Waals surface area contributed by atoms with Crippen LogP contribution in [-0.4, -0.2) is 49.3 Å². The molecule has 3 N–H and O–H groups in total. The lowest BCUT2D eigenvalue weighted by molar-refractivity contribution is -0.161. The van der Waals surface area contributed by atoms with Crippen molar-refractivity contribution in [3.63, 3.8) is 0 Å². The van der Waals surface area contributed by atoms with E-state index in [1.165, 1.54) is 128 Å². The number of phosphoric acid groups is 1. The van der Waals surface area contributed by atoms with Crippen LogP contribution in [-0.2, 0) is 32.7 Å². The van der Waals surface area contributed by atoms with Crippen LogP contribution in [0.15, 0.2) is 146 Å². The summed E-state index contributed by atoms with van der Waals surface area (Å²) < 4.78 is 33.2. The van der Waals surface area contributed by atoms with Crippen LogP contribution < -0.4 is 5.73 Å². The molecule has 0 saturated heterocycles. The molecule has 0 aliphatic carbocycles. The highest BCUT2D eigenvalue weighted by atomic mass is 31.2. The molecule has 0 heterocycles. The Bertz CT molecular complexity index is 1940. The van der Waals surface area contributed by atoms with E-state index in [4.69, 9.17) is 24.3 Å². The molecule has 0 amide bonds. The van der Waals surface area contributed by atoms with Crippen molar-refractivity contribution in [2.45, 2.75) is 302 Å². The molecule has 0 radical (unpaired) electrons. The van der Waals surface area contributed by atoms with Crippen molar-refractivity contribution < 1.29 is 37.6 Å². The molecule has 10 heteroatoms. The number of ether oxygens (including phenoxy) is 2. The maximum absolute atomic E-state index is 12.8. The number of hydrogen-bond donors (Lipinski definition) is 2. The van der Waals surface area contributed by atoms with Crippen molar-refractivity contribution in [3.05, 3.63) is 146 Å². The van der Waals surface area contributed by atoms with Gasteiger partial charge in [0.15, 0.2) is 6.10 Å². The van der Waals surface area contributed by atoms with Gasteiger partial charge in [-0.05, 0) is 116 Å². The first-order chi connectivity index (χ1) is 42.8. The van der Waals surface area contributed by atoms with Gasteiger partial charge < -0.3 is 20.1 Å². The molecule has 0 bridgehead atoms. The van der Waals surface area contributed by atoms with E-state index in [0.29, 0.717) is 6.42 Å². The normalized spacial score (nSPS) is 13.8. The topological polar surface area (TPSA) is 134 Å². The first-order valence-electron chi connectivity index (χ1n) is 35.3. The van der Waals surface area contributed by atoms with E-state index < -0.39 is 26.5 Å². The molecule has 0 rings (SSSR count). The standard InChI is InChI=1S/C77H130NO8P/c1-3-5-7-9-11-13-15-17-19-21-23-25-27-29-31-33-35-36-37-38-40-41-43-45-47-49-51-53-55-57-59-61-63-65-67-69-76(79)83-73-75(74-85-87(81,82)84-72-71-78)86-77(80)70-68-66-64-62-60-58-56-54-52-50-48-46-44-42-39-34-32-30-28-26-24-22-20-18-16-14-12-10-8-6-4-2/h5-8,11-14,17-20,23-26,30,32,39,42,46,48,52,54,75H,3-4,9-10,15-16,21-22,27-29,31,33-38,40-41,43-45,47,49-51,53,55-74,78H2,1-2H3,(H,81,82)/b7-5-,8-6-,13-11-,14-12-,19-17-,20-18-,25-23-,26-24-,32-30-,42-39-,48-46-,54-52-. The number of unbranched alkanes of at least 4 members (excludes halogenated alkanes) is 28. The Labute approximate surface area is 535 Å². The highest BCUT2D eigenvalue weighted by Crippen LogP contribution is 2.43. The predicted octanol–water partition coefficient (Wildman–Crippen LogP) is 23.4. The Morgan fingerprint density at radius 1 is 0.345 bits per heavy atom. The number of nitrogens with two attached hydrogens (primary N) is 1. The quantitative estimate of drug-likeness (QED) is 0.0264. The van der Waals surface area contributed by atoms with Crippen molar-refractivity contribution in [3.8, 4) is 0 Å². The smallest absolute Gasteiger partial charge is 0.462 e. The van der Waals surface area contributed by atoms with E-state index in [9.17, 15) is 19.0 Å². The number of allylic oxidation sites excluding steroid dienone is 24. The molecule has 2 unspecified atom stereocenters. The Morgan fingerprint density at radius 2 is 0.598 bits per heavy atom. The minimum Gasteiger partial charge on any atom is -0.462 e. The van der Waals surface area contributed by atoms with Crippen LogP contribution in [0.2, 0.25) is 0 Å². The summed E-state index contributed by atoms with van der Waals surface area (Å²) in [6.45, 7) is 3.51. The predicted molar refractivity (Wildman–Crippen MR) is 376 cm³/mol. The Hall–Kier alpha value is -4.11. The zero-order chi connectivity index (χ0) is 63.0. The number of carbonyl (C=O) groups excluding carboxylic acids is 2.